The standard InChI is InChI=1S/C12H23NO.CH4O/c1-4-11(12(13)14)9-7-5-6-8-10(2)3;1-2/h6,8,10-11H,4-5,7,9H2,1-3H3,(H2,13,14);2H,1H3/b8-6+;. The van der Waals surface area contributed by atoms with Gasteiger partial charge in [-0.15, -0.1) is 0 Å². The van der Waals surface area contributed by atoms with Gasteiger partial charge in [-0.25, -0.2) is 0 Å². The predicted molar refractivity (Wildman–Crippen MR) is 68.9 cm³/mol. The molecule has 0 heterocycles. The highest BCUT2D eigenvalue weighted by Crippen LogP contribution is 2.12. The van der Waals surface area contributed by atoms with Crippen LogP contribution in [0.2, 0.25) is 0 Å². The summed E-state index contributed by atoms with van der Waals surface area (Å²) in [5.74, 6) is 0.538. The van der Waals surface area contributed by atoms with Crippen LogP contribution >= 0.6 is 0 Å². The number of carbonyl (C=O) groups is 1. The third kappa shape index (κ3) is 11.2. The van der Waals surface area contributed by atoms with Gasteiger partial charge >= 0.3 is 0 Å². The van der Waals surface area contributed by atoms with Crippen molar-refractivity contribution in [3.8, 4) is 0 Å². The van der Waals surface area contributed by atoms with E-state index in [0.717, 1.165) is 32.8 Å². The average Bonchev–Trinajstić information content (AvgIpc) is 2.25. The summed E-state index contributed by atoms with van der Waals surface area (Å²) < 4.78 is 0. The molecule has 0 aliphatic carbocycles. The molecule has 0 saturated carbocycles. The summed E-state index contributed by atoms with van der Waals surface area (Å²) in [5, 5.41) is 7.00. The highest BCUT2D eigenvalue weighted by molar-refractivity contribution is 5.76. The van der Waals surface area contributed by atoms with Crippen LogP contribution in [-0.4, -0.2) is 18.1 Å². The lowest BCUT2D eigenvalue weighted by Gasteiger charge is -2.08. The van der Waals surface area contributed by atoms with Crippen molar-refractivity contribution in [1.29, 1.82) is 0 Å². The number of carbonyl (C=O) groups excluding carboxylic acids is 1. The molecule has 3 nitrogen and oxygen atoms in total. The minimum Gasteiger partial charge on any atom is -0.400 e. The Bertz CT molecular complexity index is 188. The number of allylic oxidation sites excluding steroid dienone is 2. The molecule has 0 aromatic carbocycles. The average molecular weight is 229 g/mol. The Morgan fingerprint density at radius 3 is 2.31 bits per heavy atom. The predicted octanol–water partition coefficient (Wildman–Crippen LogP) is 2.49. The SMILES string of the molecule is CCC(CCC/C=C/C(C)C)C(N)=O.CO. The summed E-state index contributed by atoms with van der Waals surface area (Å²) >= 11 is 0. The molecule has 0 aromatic heterocycles. The zero-order valence-electron chi connectivity index (χ0n) is 11.1. The van der Waals surface area contributed by atoms with Crippen molar-refractivity contribution in [2.45, 2.75) is 46.5 Å². The van der Waals surface area contributed by atoms with Crippen LogP contribution in [0.5, 0.6) is 0 Å². The van der Waals surface area contributed by atoms with Gasteiger partial charge in [0.25, 0.3) is 0 Å². The maximum absolute atomic E-state index is 10.9. The third-order valence-corrected chi connectivity index (χ3v) is 2.34. The molecule has 0 spiro atoms. The lowest BCUT2D eigenvalue weighted by molar-refractivity contribution is -0.122. The molecule has 3 N–H and O–H groups in total. The van der Waals surface area contributed by atoms with Gasteiger partial charge < -0.3 is 10.8 Å². The van der Waals surface area contributed by atoms with Gasteiger partial charge in [-0.3, -0.25) is 4.79 Å². The molecule has 96 valence electrons. The van der Waals surface area contributed by atoms with Crippen molar-refractivity contribution in [1.82, 2.24) is 0 Å². The minimum atomic E-state index is -0.152. The van der Waals surface area contributed by atoms with Crippen molar-refractivity contribution in [3.63, 3.8) is 0 Å². The summed E-state index contributed by atoms with van der Waals surface area (Å²) in [6.45, 7) is 6.34. The fraction of sp³-hybridized carbons (Fsp3) is 0.769. The van der Waals surface area contributed by atoms with E-state index in [0.29, 0.717) is 5.92 Å². The number of primary amides is 1. The lowest BCUT2D eigenvalue weighted by atomic mass is 9.98. The van der Waals surface area contributed by atoms with Crippen LogP contribution in [-0.2, 0) is 4.79 Å². The Labute approximate surface area is 99.7 Å². The van der Waals surface area contributed by atoms with Gasteiger partial charge in [-0.05, 0) is 31.6 Å². The quantitative estimate of drug-likeness (QED) is 0.520. The van der Waals surface area contributed by atoms with Crippen LogP contribution in [0.15, 0.2) is 12.2 Å². The van der Waals surface area contributed by atoms with Gasteiger partial charge in [0.15, 0.2) is 0 Å². The molecule has 0 aliphatic rings. The van der Waals surface area contributed by atoms with E-state index in [1.54, 1.807) is 0 Å². The van der Waals surface area contributed by atoms with Gasteiger partial charge in [-0.1, -0.05) is 32.9 Å². The van der Waals surface area contributed by atoms with E-state index < -0.39 is 0 Å². The maximum Gasteiger partial charge on any atom is 0.220 e. The Morgan fingerprint density at radius 1 is 1.38 bits per heavy atom. The Morgan fingerprint density at radius 2 is 1.94 bits per heavy atom. The Balaban J connectivity index is 0. The molecule has 1 amide bonds. The zero-order valence-corrected chi connectivity index (χ0v) is 11.1. The molecule has 0 aliphatic heterocycles. The van der Waals surface area contributed by atoms with Crippen LogP contribution < -0.4 is 5.73 Å². The molecule has 0 radical (unpaired) electrons. The molecule has 3 heteroatoms. The number of unbranched alkanes of at least 4 members (excludes halogenated alkanes) is 1. The van der Waals surface area contributed by atoms with E-state index in [9.17, 15) is 4.79 Å². The summed E-state index contributed by atoms with van der Waals surface area (Å²) in [4.78, 5) is 10.9. The summed E-state index contributed by atoms with van der Waals surface area (Å²) in [6.07, 6.45) is 8.30. The highest BCUT2D eigenvalue weighted by Gasteiger charge is 2.10. The van der Waals surface area contributed by atoms with Crippen molar-refractivity contribution in [3.05, 3.63) is 12.2 Å². The first-order chi connectivity index (χ1) is 7.57. The molecule has 1 atom stereocenters. The van der Waals surface area contributed by atoms with Crippen LogP contribution in [0.1, 0.15) is 46.5 Å². The normalized spacial score (nSPS) is 12.4. The number of amides is 1. The number of hydrogen-bond acceptors (Lipinski definition) is 2. The van der Waals surface area contributed by atoms with Crippen molar-refractivity contribution >= 4 is 5.91 Å². The number of rotatable bonds is 7. The van der Waals surface area contributed by atoms with E-state index in [-0.39, 0.29) is 11.8 Å². The number of aliphatic hydroxyl groups is 1. The smallest absolute Gasteiger partial charge is 0.220 e. The molecular formula is C13H27NO2. The molecule has 0 rings (SSSR count). The topological polar surface area (TPSA) is 63.3 Å². The highest BCUT2D eigenvalue weighted by atomic mass is 16.2. The summed E-state index contributed by atoms with van der Waals surface area (Å²) in [6, 6.07) is 0. The number of aliphatic hydroxyl groups excluding tert-OH is 1. The van der Waals surface area contributed by atoms with E-state index >= 15 is 0 Å². The molecule has 0 saturated heterocycles. The Kier molecular flexibility index (Phi) is 13.4. The van der Waals surface area contributed by atoms with Crippen LogP contribution in [0, 0.1) is 11.8 Å². The fourth-order valence-electron chi connectivity index (χ4n) is 1.40. The van der Waals surface area contributed by atoms with Crippen molar-refractivity contribution in [2.75, 3.05) is 7.11 Å². The van der Waals surface area contributed by atoms with Gasteiger partial charge in [0.05, 0.1) is 0 Å². The summed E-state index contributed by atoms with van der Waals surface area (Å²) in [7, 11) is 1.00. The van der Waals surface area contributed by atoms with Crippen LogP contribution in [0.4, 0.5) is 0 Å². The van der Waals surface area contributed by atoms with Gasteiger partial charge in [0.2, 0.25) is 5.91 Å². The molecule has 1 unspecified atom stereocenters. The van der Waals surface area contributed by atoms with E-state index in [1.807, 2.05) is 6.92 Å². The molecule has 16 heavy (non-hydrogen) atoms. The van der Waals surface area contributed by atoms with Crippen LogP contribution in [0.25, 0.3) is 0 Å². The second-order valence-corrected chi connectivity index (χ2v) is 4.11. The van der Waals surface area contributed by atoms with E-state index in [4.69, 9.17) is 10.8 Å². The van der Waals surface area contributed by atoms with E-state index in [2.05, 4.69) is 26.0 Å². The van der Waals surface area contributed by atoms with Gasteiger partial charge in [-0.2, -0.15) is 0 Å². The second kappa shape index (κ2) is 12.2. The first-order valence-corrected chi connectivity index (χ1v) is 5.98. The monoisotopic (exact) mass is 229 g/mol. The molecule has 0 fully saturated rings. The third-order valence-electron chi connectivity index (χ3n) is 2.34. The fourth-order valence-corrected chi connectivity index (χ4v) is 1.40. The Hall–Kier alpha value is -0.830. The first kappa shape index (κ1) is 17.6. The largest absolute Gasteiger partial charge is 0.400 e. The van der Waals surface area contributed by atoms with Crippen molar-refractivity contribution in [2.24, 2.45) is 17.6 Å². The lowest BCUT2D eigenvalue weighted by Crippen LogP contribution is -2.22. The van der Waals surface area contributed by atoms with Gasteiger partial charge in [0, 0.05) is 13.0 Å². The molecular weight excluding hydrogens is 202 g/mol. The summed E-state index contributed by atoms with van der Waals surface area (Å²) in [5.41, 5.74) is 5.25. The number of nitrogens with two attached hydrogens (primary N) is 1. The van der Waals surface area contributed by atoms with Gasteiger partial charge in [0.1, 0.15) is 0 Å². The zero-order chi connectivity index (χ0) is 13.0. The first-order valence-electron chi connectivity index (χ1n) is 5.98. The van der Waals surface area contributed by atoms with Crippen LogP contribution in [0.3, 0.4) is 0 Å². The van der Waals surface area contributed by atoms with Crippen molar-refractivity contribution < 1.29 is 9.90 Å². The minimum absolute atomic E-state index is 0.0717. The molecule has 0 bridgehead atoms. The maximum atomic E-state index is 10.9. The number of hydrogen-bond donors (Lipinski definition) is 2. The molecule has 0 aromatic rings. The van der Waals surface area contributed by atoms with E-state index in [1.165, 1.54) is 0 Å². The second-order valence-electron chi connectivity index (χ2n) is 4.11.